The Hall–Kier alpha value is 0.920. The Morgan fingerprint density at radius 2 is 2.07 bits per heavy atom. The normalized spacial score (nSPS) is 15.8. The molecule has 0 rings (SSSR count). The first-order valence-electron chi connectivity index (χ1n) is 5.10. The SMILES string of the molecule is CCCCCOP(O)(=S)SCC(C)C. The zero-order valence-electron chi connectivity index (χ0n) is 9.23. The molecule has 0 spiro atoms. The van der Waals surface area contributed by atoms with E-state index in [0.717, 1.165) is 25.0 Å². The summed E-state index contributed by atoms with van der Waals surface area (Å²) in [6.07, 6.45) is 3.30. The summed E-state index contributed by atoms with van der Waals surface area (Å²) < 4.78 is 5.33. The molecule has 86 valence electrons. The summed E-state index contributed by atoms with van der Waals surface area (Å²) in [7, 11) is 0. The summed E-state index contributed by atoms with van der Waals surface area (Å²) in [5.41, 5.74) is -2.54. The zero-order valence-corrected chi connectivity index (χ0v) is 11.8. The fourth-order valence-electron chi connectivity index (χ4n) is 0.813. The van der Waals surface area contributed by atoms with Crippen molar-refractivity contribution < 1.29 is 9.42 Å². The number of hydrogen-bond donors (Lipinski definition) is 1. The molecule has 0 aliphatic heterocycles. The van der Waals surface area contributed by atoms with Gasteiger partial charge < -0.3 is 9.42 Å². The van der Waals surface area contributed by atoms with Crippen LogP contribution in [0.3, 0.4) is 0 Å². The Labute approximate surface area is 96.7 Å². The maximum Gasteiger partial charge on any atom is 0.244 e. The van der Waals surface area contributed by atoms with Gasteiger partial charge in [-0.15, -0.1) is 0 Å². The quantitative estimate of drug-likeness (QED) is 0.528. The van der Waals surface area contributed by atoms with E-state index in [2.05, 4.69) is 20.8 Å². The summed E-state index contributed by atoms with van der Waals surface area (Å²) in [6.45, 7) is 6.97. The fourth-order valence-corrected chi connectivity index (χ4v) is 4.41. The molecule has 0 saturated carbocycles. The van der Waals surface area contributed by atoms with Crippen molar-refractivity contribution in [1.29, 1.82) is 0 Å². The van der Waals surface area contributed by atoms with Gasteiger partial charge in [-0.2, -0.15) is 0 Å². The fraction of sp³-hybridized carbons (Fsp3) is 1.00. The van der Waals surface area contributed by atoms with Gasteiger partial charge in [0.1, 0.15) is 0 Å². The highest BCUT2D eigenvalue weighted by atomic mass is 32.9. The third kappa shape index (κ3) is 9.47. The van der Waals surface area contributed by atoms with Crippen LogP contribution in [0.5, 0.6) is 0 Å². The Morgan fingerprint density at radius 1 is 1.43 bits per heavy atom. The monoisotopic (exact) mass is 256 g/mol. The molecule has 0 fully saturated rings. The van der Waals surface area contributed by atoms with Gasteiger partial charge in [-0.25, -0.2) is 0 Å². The van der Waals surface area contributed by atoms with Crippen molar-refractivity contribution >= 4 is 28.9 Å². The number of hydrogen-bond acceptors (Lipinski definition) is 3. The Bertz CT molecular complexity index is 186. The lowest BCUT2D eigenvalue weighted by Crippen LogP contribution is -1.94. The van der Waals surface area contributed by atoms with Crippen molar-refractivity contribution in [2.24, 2.45) is 5.92 Å². The predicted octanol–water partition coefficient (Wildman–Crippen LogP) is 3.80. The molecule has 2 nitrogen and oxygen atoms in total. The van der Waals surface area contributed by atoms with Crippen molar-refractivity contribution in [1.82, 2.24) is 0 Å². The van der Waals surface area contributed by atoms with E-state index in [-0.39, 0.29) is 0 Å². The maximum absolute atomic E-state index is 9.73. The van der Waals surface area contributed by atoms with Crippen molar-refractivity contribution in [3.63, 3.8) is 0 Å². The van der Waals surface area contributed by atoms with Crippen LogP contribution in [-0.2, 0) is 16.3 Å². The van der Waals surface area contributed by atoms with E-state index in [9.17, 15) is 4.89 Å². The average molecular weight is 256 g/mol. The van der Waals surface area contributed by atoms with Gasteiger partial charge in [-0.05, 0) is 24.1 Å². The molecule has 0 aliphatic carbocycles. The van der Waals surface area contributed by atoms with E-state index in [1.807, 2.05) is 0 Å². The lowest BCUT2D eigenvalue weighted by molar-refractivity contribution is 0.309. The third-order valence-corrected chi connectivity index (χ3v) is 6.23. The number of rotatable bonds is 8. The lowest BCUT2D eigenvalue weighted by Gasteiger charge is -2.15. The molecule has 0 heterocycles. The van der Waals surface area contributed by atoms with Crippen LogP contribution in [0, 0.1) is 5.92 Å². The second kappa shape index (κ2) is 8.12. The maximum atomic E-state index is 9.73. The highest BCUT2D eigenvalue weighted by Gasteiger charge is 2.14. The summed E-state index contributed by atoms with van der Waals surface area (Å²) in [5, 5.41) is 0. The van der Waals surface area contributed by atoms with Gasteiger partial charge in [0.2, 0.25) is 5.69 Å². The van der Waals surface area contributed by atoms with E-state index in [1.54, 1.807) is 0 Å². The van der Waals surface area contributed by atoms with Crippen LogP contribution in [0.25, 0.3) is 0 Å². The van der Waals surface area contributed by atoms with Crippen LogP contribution < -0.4 is 0 Å². The molecular weight excluding hydrogens is 235 g/mol. The molecule has 1 unspecified atom stereocenters. The van der Waals surface area contributed by atoms with Gasteiger partial charge >= 0.3 is 0 Å². The second-order valence-corrected chi connectivity index (χ2v) is 9.92. The minimum absolute atomic E-state index is 0.550. The lowest BCUT2D eigenvalue weighted by atomic mass is 10.3. The van der Waals surface area contributed by atoms with E-state index in [4.69, 9.17) is 16.3 Å². The average Bonchev–Trinajstić information content (AvgIpc) is 2.10. The summed E-state index contributed by atoms with van der Waals surface area (Å²) >= 11 is 6.42. The minimum Gasteiger partial charge on any atom is -0.337 e. The van der Waals surface area contributed by atoms with Crippen LogP contribution in [0.2, 0.25) is 0 Å². The largest absolute Gasteiger partial charge is 0.337 e. The molecule has 0 radical (unpaired) electrons. The van der Waals surface area contributed by atoms with Gasteiger partial charge in [-0.3, -0.25) is 0 Å². The van der Waals surface area contributed by atoms with Crippen molar-refractivity contribution in [2.75, 3.05) is 12.4 Å². The van der Waals surface area contributed by atoms with Crippen LogP contribution in [0.4, 0.5) is 0 Å². The molecule has 0 saturated heterocycles. The van der Waals surface area contributed by atoms with E-state index >= 15 is 0 Å². The molecule has 1 N–H and O–H groups in total. The minimum atomic E-state index is -2.54. The molecular formula is C9H21O2PS2. The molecule has 0 aromatic carbocycles. The van der Waals surface area contributed by atoms with Crippen LogP contribution in [-0.4, -0.2) is 17.3 Å². The Morgan fingerprint density at radius 3 is 2.57 bits per heavy atom. The van der Waals surface area contributed by atoms with E-state index < -0.39 is 5.69 Å². The van der Waals surface area contributed by atoms with Crippen LogP contribution in [0.15, 0.2) is 0 Å². The molecule has 0 aliphatic rings. The first-order chi connectivity index (χ1) is 6.48. The number of unbranched alkanes of at least 4 members (excludes halogenated alkanes) is 2. The van der Waals surface area contributed by atoms with Gasteiger partial charge in [0.05, 0.1) is 6.61 Å². The Balaban J connectivity index is 3.56. The highest BCUT2D eigenvalue weighted by molar-refractivity contribution is 8.67. The van der Waals surface area contributed by atoms with Crippen molar-refractivity contribution in [3.8, 4) is 0 Å². The summed E-state index contributed by atoms with van der Waals surface area (Å²) in [4.78, 5) is 9.73. The molecule has 0 bridgehead atoms. The van der Waals surface area contributed by atoms with E-state index in [0.29, 0.717) is 12.5 Å². The van der Waals surface area contributed by atoms with Crippen LogP contribution in [0.1, 0.15) is 40.0 Å². The topological polar surface area (TPSA) is 29.5 Å². The molecule has 0 amide bonds. The molecule has 1 atom stereocenters. The predicted molar refractivity (Wildman–Crippen MR) is 69.3 cm³/mol. The van der Waals surface area contributed by atoms with Crippen LogP contribution >= 0.6 is 17.1 Å². The van der Waals surface area contributed by atoms with Gasteiger partial charge in [0, 0.05) is 5.75 Å². The van der Waals surface area contributed by atoms with Gasteiger partial charge in [0.25, 0.3) is 0 Å². The summed E-state index contributed by atoms with van der Waals surface area (Å²) in [5.74, 6) is 1.43. The van der Waals surface area contributed by atoms with Crippen molar-refractivity contribution in [3.05, 3.63) is 0 Å². The molecule has 0 aromatic heterocycles. The van der Waals surface area contributed by atoms with Gasteiger partial charge in [0.15, 0.2) is 0 Å². The first-order valence-corrected chi connectivity index (χ1v) is 9.36. The Kier molecular flexibility index (Phi) is 8.65. The molecule has 0 aromatic rings. The second-order valence-electron chi connectivity index (χ2n) is 3.70. The first kappa shape index (κ1) is 14.9. The smallest absolute Gasteiger partial charge is 0.244 e. The zero-order chi connectivity index (χ0) is 11.0. The summed E-state index contributed by atoms with van der Waals surface area (Å²) in [6, 6.07) is 0. The van der Waals surface area contributed by atoms with E-state index in [1.165, 1.54) is 11.4 Å². The molecule has 5 heteroatoms. The molecule has 14 heavy (non-hydrogen) atoms. The highest BCUT2D eigenvalue weighted by Crippen LogP contribution is 2.56. The van der Waals surface area contributed by atoms with Crippen molar-refractivity contribution in [2.45, 2.75) is 40.0 Å². The third-order valence-electron chi connectivity index (χ3n) is 1.57. The van der Waals surface area contributed by atoms with Gasteiger partial charge in [-0.1, -0.05) is 45.0 Å². The standard InChI is InChI=1S/C9H21O2PS2/c1-4-5-6-7-11-12(10,13)14-8-9(2)3/h9H,4-8H2,1-3H3,(H,10,13).